The zero-order valence-corrected chi connectivity index (χ0v) is 16.5. The molecule has 1 aromatic carbocycles. The van der Waals surface area contributed by atoms with Gasteiger partial charge >= 0.3 is 57.4 Å². The summed E-state index contributed by atoms with van der Waals surface area (Å²) >= 11 is 0. The van der Waals surface area contributed by atoms with Gasteiger partial charge < -0.3 is 40.1 Å². The van der Waals surface area contributed by atoms with Crippen molar-refractivity contribution in [3.8, 4) is 5.75 Å². The van der Waals surface area contributed by atoms with Gasteiger partial charge in [-0.25, -0.2) is 4.79 Å². The maximum Gasteiger partial charge on any atom is 1.00 e. The molecule has 5 N–H and O–H groups in total. The fourth-order valence-corrected chi connectivity index (χ4v) is 2.15. The number of rotatable bonds is 5. The minimum atomic E-state index is -1.73. The number of ether oxygens (including phenoxy) is 2. The van der Waals surface area contributed by atoms with Gasteiger partial charge in [0.25, 0.3) is 0 Å². The Morgan fingerprint density at radius 2 is 1.76 bits per heavy atom. The summed E-state index contributed by atoms with van der Waals surface area (Å²) < 4.78 is 10.2. The molecule has 1 aliphatic heterocycles. The summed E-state index contributed by atoms with van der Waals surface area (Å²) in [5.74, 6) is -2.34. The van der Waals surface area contributed by atoms with Crippen LogP contribution in [0.25, 0.3) is 6.08 Å². The third-order valence-electron chi connectivity index (χ3n) is 3.48. The molecule has 0 radical (unpaired) electrons. The fourth-order valence-electron chi connectivity index (χ4n) is 2.15. The Bertz CT molecular complexity index is 602. The molecule has 5 atom stereocenters. The maximum atomic E-state index is 11.3. The fraction of sp³-hybridized carbons (Fsp3) is 0.400. The number of aliphatic carboxylic acids is 1. The van der Waals surface area contributed by atoms with Crippen molar-refractivity contribution in [2.24, 2.45) is 0 Å². The largest absolute Gasteiger partial charge is 1.00 e. The normalized spacial score (nSPS) is 29.6. The van der Waals surface area contributed by atoms with Crippen LogP contribution in [0.1, 0.15) is 5.56 Å². The van der Waals surface area contributed by atoms with E-state index in [-0.39, 0.29) is 57.1 Å². The van der Waals surface area contributed by atoms with E-state index < -0.39 is 49.0 Å². The predicted octanol–water partition coefficient (Wildman–Crippen LogP) is -4.99. The van der Waals surface area contributed by atoms with Gasteiger partial charge in [0.2, 0.25) is 12.0 Å². The number of aliphatic hydroxyl groups excluding tert-OH is 4. The molecule has 0 spiro atoms. The van der Waals surface area contributed by atoms with E-state index in [1.54, 1.807) is 0 Å². The Kier molecular flexibility index (Phi) is 8.98. The van der Waals surface area contributed by atoms with Crippen molar-refractivity contribution >= 4 is 12.0 Å². The number of aliphatic hydroxyl groups is 4. The van der Waals surface area contributed by atoms with Gasteiger partial charge in [-0.2, -0.15) is 0 Å². The second kappa shape index (κ2) is 9.97. The summed E-state index contributed by atoms with van der Waals surface area (Å²) in [4.78, 5) is 11.3. The van der Waals surface area contributed by atoms with Gasteiger partial charge in [0.05, 0.1) is 6.61 Å². The van der Waals surface area contributed by atoms with Crippen molar-refractivity contribution in [1.82, 2.24) is 0 Å². The van der Waals surface area contributed by atoms with Crippen molar-refractivity contribution in [2.75, 3.05) is 6.61 Å². The second-order valence-corrected chi connectivity index (χ2v) is 5.20. The molecule has 0 unspecified atom stereocenters. The van der Waals surface area contributed by atoms with E-state index in [9.17, 15) is 30.3 Å². The van der Waals surface area contributed by atoms with E-state index in [1.807, 2.05) is 0 Å². The molecule has 1 heterocycles. The monoisotopic (exact) mass is 380 g/mol. The van der Waals surface area contributed by atoms with Crippen molar-refractivity contribution in [3.05, 3.63) is 35.6 Å². The first kappa shape index (κ1) is 22.5. The van der Waals surface area contributed by atoms with Crippen molar-refractivity contribution in [1.29, 1.82) is 0 Å². The van der Waals surface area contributed by atoms with Crippen LogP contribution < -0.4 is 56.5 Å². The Morgan fingerprint density at radius 1 is 1.16 bits per heavy atom. The van der Waals surface area contributed by atoms with Crippen molar-refractivity contribution in [3.63, 3.8) is 0 Å². The predicted molar refractivity (Wildman–Crippen MR) is 76.4 cm³/mol. The first-order valence-corrected chi connectivity index (χ1v) is 7.02. The van der Waals surface area contributed by atoms with Gasteiger partial charge in [0.15, 0.2) is 0 Å². The third kappa shape index (κ3) is 5.72. The summed E-state index contributed by atoms with van der Waals surface area (Å²) in [6, 6.07) is 5.22. The Hall–Kier alpha value is -0.534. The average Bonchev–Trinajstić information content (AvgIpc) is 2.56. The van der Waals surface area contributed by atoms with Crippen LogP contribution >= 0.6 is 0 Å². The molecule has 132 valence electrons. The van der Waals surface area contributed by atoms with Crippen LogP contribution in [0.3, 0.4) is 0 Å². The van der Waals surface area contributed by atoms with Gasteiger partial charge in [-0.1, -0.05) is 24.3 Å². The number of benzene rings is 1. The molecule has 0 amide bonds. The quantitative estimate of drug-likeness (QED) is 0.191. The Balaban J connectivity index is 0.00000312. The number of carboxylic acids is 1. The second-order valence-electron chi connectivity index (χ2n) is 5.20. The van der Waals surface area contributed by atoms with Crippen LogP contribution in [0.5, 0.6) is 5.75 Å². The van der Waals surface area contributed by atoms with Crippen LogP contribution in [-0.4, -0.2) is 68.8 Å². The van der Waals surface area contributed by atoms with Gasteiger partial charge in [0.1, 0.15) is 24.4 Å². The molecule has 1 aromatic rings. The molecule has 0 bridgehead atoms. The minimum Gasteiger partial charge on any atom is -0.872 e. The zero-order valence-electron chi connectivity index (χ0n) is 13.3. The van der Waals surface area contributed by atoms with Crippen LogP contribution in [0, 0.1) is 0 Å². The van der Waals surface area contributed by atoms with E-state index in [0.717, 1.165) is 6.08 Å². The molecule has 0 aliphatic carbocycles. The molecule has 1 fully saturated rings. The summed E-state index contributed by atoms with van der Waals surface area (Å²) in [6.07, 6.45) is -6.72. The van der Waals surface area contributed by atoms with Gasteiger partial charge in [-0.15, -0.1) is 5.75 Å². The van der Waals surface area contributed by atoms with Crippen LogP contribution in [0.15, 0.2) is 30.0 Å². The number of carbonyl (C=O) groups is 1. The van der Waals surface area contributed by atoms with E-state index >= 15 is 0 Å². The number of hydrogen-bond donors (Lipinski definition) is 5. The van der Waals surface area contributed by atoms with Crippen molar-refractivity contribution in [2.45, 2.75) is 30.7 Å². The first-order chi connectivity index (χ1) is 11.3. The molecule has 2 rings (SSSR count). The average molecular weight is 380 g/mol. The molecule has 10 heteroatoms. The summed E-state index contributed by atoms with van der Waals surface area (Å²) in [6.45, 7) is -0.665. The van der Waals surface area contributed by atoms with Gasteiger partial charge in [-0.3, -0.25) is 0 Å². The van der Waals surface area contributed by atoms with E-state index in [0.29, 0.717) is 5.56 Å². The van der Waals surface area contributed by atoms with Crippen LogP contribution in [-0.2, 0) is 14.3 Å². The molecule has 1 aliphatic rings. The molecule has 25 heavy (non-hydrogen) atoms. The number of hydrogen-bond acceptors (Lipinski definition) is 8. The Morgan fingerprint density at radius 3 is 2.28 bits per heavy atom. The van der Waals surface area contributed by atoms with Crippen LogP contribution in [0.2, 0.25) is 0 Å². The molecule has 0 aromatic heterocycles. The Labute approximate surface area is 185 Å². The van der Waals surface area contributed by atoms with E-state index in [1.165, 1.54) is 24.3 Å². The maximum absolute atomic E-state index is 11.3. The molecule has 1 saturated heterocycles. The molecular formula is C15H17KO9. The SMILES string of the molecule is O=C(O)/C(=C\c1ccc([O-])cc1)O[C@@H]1O[C@H](CO)[C@H](O)[C@H](O)[C@H]1O.[K+]. The zero-order chi connectivity index (χ0) is 17.9. The topological polar surface area (TPSA) is 160 Å². The molecular weight excluding hydrogens is 363 g/mol. The van der Waals surface area contributed by atoms with Gasteiger partial charge in [-0.05, 0) is 11.6 Å². The number of carboxylic acid groups (broad SMARTS) is 1. The first-order valence-electron chi connectivity index (χ1n) is 7.02. The van der Waals surface area contributed by atoms with Gasteiger partial charge in [0, 0.05) is 0 Å². The van der Waals surface area contributed by atoms with Crippen LogP contribution in [0.4, 0.5) is 0 Å². The summed E-state index contributed by atoms with van der Waals surface area (Å²) in [5.41, 5.74) is 0.358. The standard InChI is InChI=1S/C15H18O9.K/c16-6-10-11(18)12(19)13(20)15(24-10)23-9(14(21)22)5-7-1-3-8(17)4-2-7;/h1-5,10-13,15-20H,6H2,(H,21,22);/q;+1/p-1/b9-5+;/t10-,11+,12+,13-,15-;/m1./s1. The molecule has 9 nitrogen and oxygen atoms in total. The molecule has 0 saturated carbocycles. The third-order valence-corrected chi connectivity index (χ3v) is 3.48. The minimum absolute atomic E-state index is 0. The van der Waals surface area contributed by atoms with Crippen molar-refractivity contribution < 1.29 is 96.3 Å². The van der Waals surface area contributed by atoms with E-state index in [4.69, 9.17) is 14.6 Å². The summed E-state index contributed by atoms with van der Waals surface area (Å²) in [7, 11) is 0. The van der Waals surface area contributed by atoms with E-state index in [2.05, 4.69) is 0 Å². The summed E-state index contributed by atoms with van der Waals surface area (Å²) in [5, 5.41) is 58.5. The smallest absolute Gasteiger partial charge is 0.872 e.